The topological polar surface area (TPSA) is 51.1 Å². The van der Waals surface area contributed by atoms with E-state index in [1.54, 1.807) is 12.4 Å². The third kappa shape index (κ3) is 2.95. The Hall–Kier alpha value is -2.69. The second-order valence-electron chi connectivity index (χ2n) is 5.88. The van der Waals surface area contributed by atoms with Crippen LogP contribution in [0.5, 0.6) is 6.01 Å². The van der Waals surface area contributed by atoms with Crippen molar-refractivity contribution in [2.75, 3.05) is 18.0 Å². The van der Waals surface area contributed by atoms with Crippen LogP contribution in [-0.2, 0) is 0 Å². The molecule has 0 N–H and O–H groups in total. The van der Waals surface area contributed by atoms with Crippen LogP contribution in [-0.4, -0.2) is 34.1 Å². The summed E-state index contributed by atoms with van der Waals surface area (Å²) in [6, 6.07) is 12.8. The summed E-state index contributed by atoms with van der Waals surface area (Å²) in [5.74, 6) is 1.000. The zero-order chi connectivity index (χ0) is 15.6. The summed E-state index contributed by atoms with van der Waals surface area (Å²) in [4.78, 5) is 15.4. The predicted molar refractivity (Wildman–Crippen MR) is 89.8 cm³/mol. The second kappa shape index (κ2) is 5.83. The predicted octanol–water partition coefficient (Wildman–Crippen LogP) is 2.99. The molecule has 0 saturated carbocycles. The number of hydrogen-bond donors (Lipinski definition) is 0. The molecule has 1 fully saturated rings. The SMILES string of the molecule is Cc1cnc(OC2CCN(c3ccc4ccccc4n3)C2)nc1. The van der Waals surface area contributed by atoms with Gasteiger partial charge in [-0.05, 0) is 30.7 Å². The summed E-state index contributed by atoms with van der Waals surface area (Å²) in [7, 11) is 0. The lowest BCUT2D eigenvalue weighted by Crippen LogP contribution is -2.25. The molecule has 5 nitrogen and oxygen atoms in total. The van der Waals surface area contributed by atoms with Gasteiger partial charge in [-0.15, -0.1) is 0 Å². The Labute approximate surface area is 135 Å². The Morgan fingerprint density at radius 3 is 2.78 bits per heavy atom. The van der Waals surface area contributed by atoms with E-state index >= 15 is 0 Å². The van der Waals surface area contributed by atoms with Crippen molar-refractivity contribution in [2.24, 2.45) is 0 Å². The van der Waals surface area contributed by atoms with Gasteiger partial charge in [-0.1, -0.05) is 18.2 Å². The molecule has 0 aliphatic carbocycles. The largest absolute Gasteiger partial charge is 0.458 e. The Balaban J connectivity index is 1.47. The van der Waals surface area contributed by atoms with Crippen molar-refractivity contribution in [3.8, 4) is 6.01 Å². The van der Waals surface area contributed by atoms with Gasteiger partial charge in [0.2, 0.25) is 0 Å². The molecule has 4 rings (SSSR count). The van der Waals surface area contributed by atoms with Gasteiger partial charge in [0.1, 0.15) is 11.9 Å². The number of benzene rings is 1. The third-order valence-corrected chi connectivity index (χ3v) is 4.08. The van der Waals surface area contributed by atoms with Crippen molar-refractivity contribution in [1.29, 1.82) is 0 Å². The minimum Gasteiger partial charge on any atom is -0.458 e. The average Bonchev–Trinajstić information content (AvgIpc) is 3.05. The molecule has 1 aliphatic rings. The van der Waals surface area contributed by atoms with Gasteiger partial charge in [0.25, 0.3) is 0 Å². The summed E-state index contributed by atoms with van der Waals surface area (Å²) < 4.78 is 5.88. The highest BCUT2D eigenvalue weighted by atomic mass is 16.5. The van der Waals surface area contributed by atoms with E-state index in [2.05, 4.69) is 33.1 Å². The first kappa shape index (κ1) is 13.9. The van der Waals surface area contributed by atoms with Gasteiger partial charge in [0.05, 0.1) is 12.1 Å². The zero-order valence-corrected chi connectivity index (χ0v) is 13.0. The summed E-state index contributed by atoms with van der Waals surface area (Å²) >= 11 is 0. The van der Waals surface area contributed by atoms with Crippen LogP contribution < -0.4 is 9.64 Å². The maximum absolute atomic E-state index is 5.88. The zero-order valence-electron chi connectivity index (χ0n) is 13.0. The quantitative estimate of drug-likeness (QED) is 0.744. The fourth-order valence-electron chi connectivity index (χ4n) is 2.85. The maximum atomic E-state index is 5.88. The van der Waals surface area contributed by atoms with Crippen LogP contribution in [0.15, 0.2) is 48.8 Å². The molecule has 0 radical (unpaired) electrons. The molecule has 1 unspecified atom stereocenters. The summed E-state index contributed by atoms with van der Waals surface area (Å²) in [5, 5.41) is 1.16. The highest BCUT2D eigenvalue weighted by Gasteiger charge is 2.25. The first-order valence-electron chi connectivity index (χ1n) is 7.84. The minimum atomic E-state index is 0.103. The molecule has 0 bridgehead atoms. The molecular weight excluding hydrogens is 288 g/mol. The average molecular weight is 306 g/mol. The number of aromatic nitrogens is 3. The number of ether oxygens (including phenoxy) is 1. The Morgan fingerprint density at radius 1 is 1.09 bits per heavy atom. The lowest BCUT2D eigenvalue weighted by Gasteiger charge is -2.18. The van der Waals surface area contributed by atoms with Gasteiger partial charge < -0.3 is 9.64 Å². The number of pyridine rings is 1. The molecular formula is C18H18N4O. The molecule has 1 saturated heterocycles. The normalized spacial score (nSPS) is 17.6. The molecule has 0 amide bonds. The van der Waals surface area contributed by atoms with Crippen molar-refractivity contribution < 1.29 is 4.74 Å². The van der Waals surface area contributed by atoms with Crippen molar-refractivity contribution in [1.82, 2.24) is 15.0 Å². The second-order valence-corrected chi connectivity index (χ2v) is 5.88. The lowest BCUT2D eigenvalue weighted by atomic mass is 10.2. The van der Waals surface area contributed by atoms with E-state index < -0.39 is 0 Å². The molecule has 0 spiro atoms. The van der Waals surface area contributed by atoms with Crippen molar-refractivity contribution in [2.45, 2.75) is 19.4 Å². The number of hydrogen-bond acceptors (Lipinski definition) is 5. The van der Waals surface area contributed by atoms with E-state index in [4.69, 9.17) is 9.72 Å². The molecule has 5 heteroatoms. The van der Waals surface area contributed by atoms with E-state index in [0.29, 0.717) is 6.01 Å². The highest BCUT2D eigenvalue weighted by molar-refractivity contribution is 5.80. The van der Waals surface area contributed by atoms with Gasteiger partial charge in [-0.3, -0.25) is 0 Å². The molecule has 1 aromatic carbocycles. The monoisotopic (exact) mass is 306 g/mol. The van der Waals surface area contributed by atoms with Gasteiger partial charge in [0.15, 0.2) is 0 Å². The van der Waals surface area contributed by atoms with E-state index in [0.717, 1.165) is 41.8 Å². The molecule has 1 aliphatic heterocycles. The van der Waals surface area contributed by atoms with Crippen molar-refractivity contribution in [3.63, 3.8) is 0 Å². The first-order valence-corrected chi connectivity index (χ1v) is 7.84. The number of para-hydroxylation sites is 1. The van der Waals surface area contributed by atoms with Crippen LogP contribution in [0, 0.1) is 6.92 Å². The summed E-state index contributed by atoms with van der Waals surface area (Å²) in [6.45, 7) is 3.71. The standard InChI is InChI=1S/C18H18N4O/c1-13-10-19-18(20-11-13)23-15-8-9-22(12-15)17-7-6-14-4-2-3-5-16(14)21-17/h2-7,10-11,15H,8-9,12H2,1H3. The molecule has 1 atom stereocenters. The van der Waals surface area contributed by atoms with Crippen molar-refractivity contribution >= 4 is 16.7 Å². The molecule has 116 valence electrons. The van der Waals surface area contributed by atoms with E-state index in [9.17, 15) is 0 Å². The molecule has 2 aromatic heterocycles. The number of rotatable bonds is 3. The van der Waals surface area contributed by atoms with Crippen LogP contribution in [0.1, 0.15) is 12.0 Å². The van der Waals surface area contributed by atoms with Gasteiger partial charge in [-0.25, -0.2) is 15.0 Å². The number of nitrogens with zero attached hydrogens (tertiary/aromatic N) is 4. The molecule has 3 aromatic rings. The maximum Gasteiger partial charge on any atom is 0.316 e. The Kier molecular flexibility index (Phi) is 3.54. The summed E-state index contributed by atoms with van der Waals surface area (Å²) in [5.41, 5.74) is 2.06. The summed E-state index contributed by atoms with van der Waals surface area (Å²) in [6.07, 6.45) is 4.61. The highest BCUT2D eigenvalue weighted by Crippen LogP contribution is 2.23. The van der Waals surface area contributed by atoms with Crippen LogP contribution in [0.3, 0.4) is 0 Å². The third-order valence-electron chi connectivity index (χ3n) is 4.08. The van der Waals surface area contributed by atoms with Gasteiger partial charge in [-0.2, -0.15) is 0 Å². The fourth-order valence-corrected chi connectivity index (χ4v) is 2.85. The number of aryl methyl sites for hydroxylation is 1. The number of anilines is 1. The van der Waals surface area contributed by atoms with Crippen LogP contribution in [0.4, 0.5) is 5.82 Å². The van der Waals surface area contributed by atoms with E-state index in [1.165, 1.54) is 0 Å². The Morgan fingerprint density at radius 2 is 1.91 bits per heavy atom. The van der Waals surface area contributed by atoms with Crippen molar-refractivity contribution in [3.05, 3.63) is 54.4 Å². The molecule has 23 heavy (non-hydrogen) atoms. The smallest absolute Gasteiger partial charge is 0.316 e. The minimum absolute atomic E-state index is 0.103. The van der Waals surface area contributed by atoms with Crippen LogP contribution in [0.2, 0.25) is 0 Å². The first-order chi connectivity index (χ1) is 11.3. The fraction of sp³-hybridized carbons (Fsp3) is 0.278. The molecule has 3 heterocycles. The lowest BCUT2D eigenvalue weighted by molar-refractivity contribution is 0.206. The van der Waals surface area contributed by atoms with Gasteiger partial charge >= 0.3 is 6.01 Å². The Bertz CT molecular complexity index is 819. The van der Waals surface area contributed by atoms with E-state index in [-0.39, 0.29) is 6.10 Å². The van der Waals surface area contributed by atoms with Gasteiger partial charge in [0, 0.05) is 30.7 Å². The van der Waals surface area contributed by atoms with Crippen LogP contribution >= 0.6 is 0 Å². The van der Waals surface area contributed by atoms with Crippen LogP contribution in [0.25, 0.3) is 10.9 Å². The van der Waals surface area contributed by atoms with E-state index in [1.807, 2.05) is 25.1 Å². The number of fused-ring (bicyclic) bond motifs is 1.